The number of hydrogen-bond donors (Lipinski definition) is 2. The largest absolute Gasteiger partial charge is 0.495 e. The molecule has 1 heterocycles. The topological polar surface area (TPSA) is 73.1 Å². The minimum Gasteiger partial charge on any atom is -0.495 e. The number of anilines is 3. The Kier molecular flexibility index (Phi) is 4.64. The number of ether oxygens (including phenoxy) is 1. The molecule has 0 fully saturated rings. The van der Waals surface area contributed by atoms with Gasteiger partial charge in [0.25, 0.3) is 0 Å². The van der Waals surface area contributed by atoms with Crippen LogP contribution in [-0.4, -0.2) is 17.1 Å². The third kappa shape index (κ3) is 3.58. The number of aromatic nitrogens is 2. The average molecular weight is 453 g/mol. The fourth-order valence-corrected chi connectivity index (χ4v) is 3.05. The molecule has 0 radical (unpaired) electrons. The van der Waals surface area contributed by atoms with Crippen molar-refractivity contribution in [2.24, 2.45) is 0 Å². The first-order chi connectivity index (χ1) is 8.99. The van der Waals surface area contributed by atoms with Crippen molar-refractivity contribution < 1.29 is 4.74 Å². The number of nitrogens with zero attached hydrogens (tertiary/aromatic N) is 2. The Labute approximate surface area is 135 Å². The van der Waals surface area contributed by atoms with Gasteiger partial charge in [-0.25, -0.2) is 4.98 Å². The number of halogens is 3. The van der Waals surface area contributed by atoms with E-state index in [-0.39, 0.29) is 0 Å². The molecule has 0 aliphatic carbocycles. The summed E-state index contributed by atoms with van der Waals surface area (Å²) in [5.74, 6) is 1.48. The van der Waals surface area contributed by atoms with E-state index < -0.39 is 0 Å². The molecule has 0 atom stereocenters. The highest BCUT2D eigenvalue weighted by atomic mass is 79.9. The standard InChI is InChI=1S/C11H9Br3N4O/c1-19-8-3-7(5(12)2-6(8)13)16-11-17-9(14)4-10(15)18-11/h2-4H,1H3,(H3,15,16,17,18). The molecule has 1 aromatic heterocycles. The maximum Gasteiger partial charge on any atom is 0.230 e. The van der Waals surface area contributed by atoms with E-state index in [1.54, 1.807) is 13.2 Å². The minimum absolute atomic E-state index is 0.379. The van der Waals surface area contributed by atoms with Gasteiger partial charge in [-0.3, -0.25) is 0 Å². The highest BCUT2D eigenvalue weighted by Gasteiger charge is 2.09. The molecule has 0 saturated carbocycles. The van der Waals surface area contributed by atoms with Crippen LogP contribution in [0.5, 0.6) is 5.75 Å². The van der Waals surface area contributed by atoms with Crippen LogP contribution >= 0.6 is 47.8 Å². The van der Waals surface area contributed by atoms with E-state index in [1.165, 1.54) is 0 Å². The van der Waals surface area contributed by atoms with E-state index in [9.17, 15) is 0 Å². The number of hydrogen-bond acceptors (Lipinski definition) is 5. The minimum atomic E-state index is 0.379. The van der Waals surface area contributed by atoms with Crippen molar-refractivity contribution in [1.82, 2.24) is 9.97 Å². The van der Waals surface area contributed by atoms with Gasteiger partial charge in [-0.15, -0.1) is 0 Å². The quantitative estimate of drug-likeness (QED) is 0.686. The second-order valence-electron chi connectivity index (χ2n) is 3.53. The van der Waals surface area contributed by atoms with Crippen molar-refractivity contribution in [2.45, 2.75) is 0 Å². The molecule has 2 aromatic rings. The van der Waals surface area contributed by atoms with Gasteiger partial charge in [-0.1, -0.05) is 0 Å². The lowest BCUT2D eigenvalue weighted by Gasteiger charge is -2.11. The fourth-order valence-electron chi connectivity index (χ4n) is 1.39. The van der Waals surface area contributed by atoms with Crippen LogP contribution in [0.3, 0.4) is 0 Å². The summed E-state index contributed by atoms with van der Waals surface area (Å²) in [5.41, 5.74) is 6.44. The molecule has 0 spiro atoms. The van der Waals surface area contributed by atoms with Crippen LogP contribution in [0.1, 0.15) is 0 Å². The molecule has 1 aromatic carbocycles. The summed E-state index contributed by atoms with van der Waals surface area (Å²) in [7, 11) is 1.60. The van der Waals surface area contributed by atoms with Gasteiger partial charge in [-0.2, -0.15) is 4.98 Å². The smallest absolute Gasteiger partial charge is 0.230 e. The summed E-state index contributed by atoms with van der Waals surface area (Å²) >= 11 is 10.1. The fraction of sp³-hybridized carbons (Fsp3) is 0.0909. The van der Waals surface area contributed by atoms with E-state index in [0.29, 0.717) is 22.1 Å². The number of methoxy groups -OCH3 is 1. The Morgan fingerprint density at radius 3 is 2.47 bits per heavy atom. The molecule has 100 valence electrons. The molecule has 3 N–H and O–H groups in total. The van der Waals surface area contributed by atoms with Crippen LogP contribution in [-0.2, 0) is 0 Å². The third-order valence-electron chi connectivity index (χ3n) is 2.20. The first-order valence-electron chi connectivity index (χ1n) is 5.09. The predicted octanol–water partition coefficient (Wildman–Crippen LogP) is 4.10. The second kappa shape index (κ2) is 6.06. The van der Waals surface area contributed by atoms with Gasteiger partial charge in [-0.05, 0) is 53.9 Å². The lowest BCUT2D eigenvalue weighted by Crippen LogP contribution is -2.01. The van der Waals surface area contributed by atoms with E-state index in [1.807, 2.05) is 12.1 Å². The normalized spacial score (nSPS) is 10.3. The zero-order chi connectivity index (χ0) is 14.0. The van der Waals surface area contributed by atoms with Crippen LogP contribution in [0, 0.1) is 0 Å². The zero-order valence-corrected chi connectivity index (χ0v) is 14.5. The lowest BCUT2D eigenvalue weighted by molar-refractivity contribution is 0.412. The van der Waals surface area contributed by atoms with Crippen molar-refractivity contribution >= 4 is 65.2 Å². The Bertz CT molecular complexity index is 601. The number of rotatable bonds is 3. The van der Waals surface area contributed by atoms with Gasteiger partial charge in [0.15, 0.2) is 0 Å². The van der Waals surface area contributed by atoms with E-state index in [2.05, 4.69) is 63.1 Å². The molecule has 0 unspecified atom stereocenters. The molecule has 19 heavy (non-hydrogen) atoms. The Balaban J connectivity index is 2.37. The summed E-state index contributed by atoms with van der Waals surface area (Å²) in [6, 6.07) is 5.33. The SMILES string of the molecule is COc1cc(Nc2nc(N)cc(Br)n2)c(Br)cc1Br. The summed E-state index contributed by atoms with van der Waals surface area (Å²) in [5, 5.41) is 3.08. The highest BCUT2D eigenvalue weighted by molar-refractivity contribution is 9.11. The monoisotopic (exact) mass is 450 g/mol. The summed E-state index contributed by atoms with van der Waals surface area (Å²) in [6.45, 7) is 0. The molecule has 5 nitrogen and oxygen atoms in total. The van der Waals surface area contributed by atoms with E-state index in [0.717, 1.165) is 14.6 Å². The van der Waals surface area contributed by atoms with Crippen LogP contribution < -0.4 is 15.8 Å². The van der Waals surface area contributed by atoms with E-state index in [4.69, 9.17) is 10.5 Å². The number of benzene rings is 1. The molecule has 0 saturated heterocycles. The van der Waals surface area contributed by atoms with Gasteiger partial charge in [0.2, 0.25) is 5.95 Å². The van der Waals surface area contributed by atoms with Gasteiger partial charge in [0.1, 0.15) is 16.2 Å². The van der Waals surface area contributed by atoms with E-state index >= 15 is 0 Å². The van der Waals surface area contributed by atoms with Crippen molar-refractivity contribution in [3.05, 3.63) is 31.7 Å². The Morgan fingerprint density at radius 1 is 1.11 bits per heavy atom. The van der Waals surface area contributed by atoms with Gasteiger partial charge >= 0.3 is 0 Å². The molecule has 0 bridgehead atoms. The van der Waals surface area contributed by atoms with Gasteiger partial charge < -0.3 is 15.8 Å². The molecule has 0 aliphatic heterocycles. The van der Waals surface area contributed by atoms with Crippen molar-refractivity contribution in [2.75, 3.05) is 18.2 Å². The number of nitrogen functional groups attached to an aromatic ring is 1. The van der Waals surface area contributed by atoms with Gasteiger partial charge in [0.05, 0.1) is 17.3 Å². The maximum atomic E-state index is 5.67. The van der Waals surface area contributed by atoms with Crippen molar-refractivity contribution in [3.63, 3.8) is 0 Å². The Hall–Kier alpha value is -0.860. The molecule has 2 rings (SSSR count). The van der Waals surface area contributed by atoms with Crippen LogP contribution in [0.4, 0.5) is 17.5 Å². The van der Waals surface area contributed by atoms with Crippen LogP contribution in [0.2, 0.25) is 0 Å². The first kappa shape index (κ1) is 14.5. The maximum absolute atomic E-state index is 5.67. The van der Waals surface area contributed by atoms with Crippen molar-refractivity contribution in [3.8, 4) is 5.75 Å². The zero-order valence-electron chi connectivity index (χ0n) is 9.75. The Morgan fingerprint density at radius 2 is 1.84 bits per heavy atom. The first-order valence-corrected chi connectivity index (χ1v) is 7.47. The molecule has 8 heteroatoms. The molecule has 0 amide bonds. The van der Waals surface area contributed by atoms with Crippen molar-refractivity contribution in [1.29, 1.82) is 0 Å². The summed E-state index contributed by atoms with van der Waals surface area (Å²) in [6.07, 6.45) is 0. The molecule has 0 aliphatic rings. The summed E-state index contributed by atoms with van der Waals surface area (Å²) in [4.78, 5) is 8.29. The van der Waals surface area contributed by atoms with Crippen LogP contribution in [0.15, 0.2) is 31.7 Å². The second-order valence-corrected chi connectivity index (χ2v) is 6.05. The third-order valence-corrected chi connectivity index (χ3v) is 3.88. The molecular weight excluding hydrogens is 444 g/mol. The average Bonchev–Trinajstić information content (AvgIpc) is 2.31. The molecular formula is C11H9Br3N4O. The van der Waals surface area contributed by atoms with Gasteiger partial charge in [0, 0.05) is 16.6 Å². The lowest BCUT2D eigenvalue weighted by atomic mass is 10.3. The number of nitrogens with two attached hydrogens (primary N) is 1. The predicted molar refractivity (Wildman–Crippen MR) is 85.8 cm³/mol. The van der Waals surface area contributed by atoms with Crippen LogP contribution in [0.25, 0.3) is 0 Å². The summed E-state index contributed by atoms with van der Waals surface area (Å²) < 4.78 is 7.56. The highest BCUT2D eigenvalue weighted by Crippen LogP contribution is 2.35. The number of nitrogens with one attached hydrogen (secondary N) is 1.